The predicted molar refractivity (Wildman–Crippen MR) is 117 cm³/mol. The Kier molecular flexibility index (Phi) is 5.22. The smallest absolute Gasteiger partial charge is 0.268 e. The molecule has 0 radical (unpaired) electrons. The third kappa shape index (κ3) is 3.81. The molecule has 1 saturated heterocycles. The number of nitrogens with one attached hydrogen (secondary N) is 1. The standard InChI is InChI=1S/C19H20BrN3O4S2/c1-28(24,25)15-11-14(20)12-16(13-15)29(26,27)23-8-5-17-18(3-2-4-19(17)23)22-9-6-21-7-10-22/h2-5,8,11-13,21H,6-7,9-10H2,1H3. The van der Waals surface area contributed by atoms with Crippen LogP contribution < -0.4 is 10.2 Å². The Hall–Kier alpha value is -1.88. The summed E-state index contributed by atoms with van der Waals surface area (Å²) in [4.78, 5) is 2.09. The summed E-state index contributed by atoms with van der Waals surface area (Å²) in [5, 5.41) is 4.15. The Balaban J connectivity index is 1.86. The van der Waals surface area contributed by atoms with E-state index >= 15 is 0 Å². The van der Waals surface area contributed by atoms with Crippen molar-refractivity contribution in [3.05, 3.63) is 53.1 Å². The van der Waals surface area contributed by atoms with Crippen LogP contribution in [0, 0.1) is 0 Å². The molecule has 2 aromatic carbocycles. The van der Waals surface area contributed by atoms with Gasteiger partial charge in [-0.15, -0.1) is 0 Å². The van der Waals surface area contributed by atoms with E-state index in [1.54, 1.807) is 12.1 Å². The number of nitrogens with zero attached hydrogens (tertiary/aromatic N) is 2. The van der Waals surface area contributed by atoms with Gasteiger partial charge in [0.25, 0.3) is 10.0 Å². The zero-order valence-corrected chi connectivity index (χ0v) is 18.9. The lowest BCUT2D eigenvalue weighted by atomic mass is 10.2. The topological polar surface area (TPSA) is 88.5 Å². The maximum absolute atomic E-state index is 13.4. The number of aromatic nitrogens is 1. The second-order valence-electron chi connectivity index (χ2n) is 6.96. The van der Waals surface area contributed by atoms with E-state index in [1.165, 1.54) is 28.4 Å². The fourth-order valence-electron chi connectivity index (χ4n) is 3.53. The molecule has 0 unspecified atom stereocenters. The van der Waals surface area contributed by atoms with Gasteiger partial charge in [0.1, 0.15) is 0 Å². The van der Waals surface area contributed by atoms with Crippen molar-refractivity contribution >= 4 is 52.4 Å². The second kappa shape index (κ2) is 7.42. The Morgan fingerprint density at radius 1 is 0.966 bits per heavy atom. The molecule has 2 heterocycles. The molecule has 4 rings (SSSR count). The molecule has 0 amide bonds. The molecular formula is C19H20BrN3O4S2. The fraction of sp³-hybridized carbons (Fsp3) is 0.263. The van der Waals surface area contributed by atoms with Gasteiger partial charge in [-0.1, -0.05) is 22.0 Å². The molecule has 10 heteroatoms. The van der Waals surface area contributed by atoms with E-state index in [4.69, 9.17) is 0 Å². The van der Waals surface area contributed by atoms with Gasteiger partial charge in [-0.05, 0) is 36.4 Å². The summed E-state index contributed by atoms with van der Waals surface area (Å²) in [5.74, 6) is 0. The van der Waals surface area contributed by atoms with Gasteiger partial charge in [-0.2, -0.15) is 0 Å². The van der Waals surface area contributed by atoms with E-state index < -0.39 is 19.9 Å². The summed E-state index contributed by atoms with van der Waals surface area (Å²) in [6.45, 7) is 3.45. The van der Waals surface area contributed by atoms with Crippen LogP contribution in [0.4, 0.5) is 5.69 Å². The first-order valence-corrected chi connectivity index (χ1v) is 13.1. The highest BCUT2D eigenvalue weighted by Crippen LogP contribution is 2.31. The highest BCUT2D eigenvalue weighted by molar-refractivity contribution is 9.10. The lowest BCUT2D eigenvalue weighted by molar-refractivity contribution is 0.588. The summed E-state index contributed by atoms with van der Waals surface area (Å²) in [6, 6.07) is 11.4. The molecule has 0 aliphatic carbocycles. The molecule has 29 heavy (non-hydrogen) atoms. The number of fused-ring (bicyclic) bond motifs is 1. The maximum atomic E-state index is 13.4. The first kappa shape index (κ1) is 20.4. The minimum Gasteiger partial charge on any atom is -0.368 e. The predicted octanol–water partition coefficient (Wildman–Crippen LogP) is 2.45. The Bertz CT molecular complexity index is 1290. The van der Waals surface area contributed by atoms with Crippen LogP contribution in [-0.2, 0) is 19.9 Å². The van der Waals surface area contributed by atoms with Gasteiger partial charge in [0, 0.05) is 54.2 Å². The zero-order chi connectivity index (χ0) is 20.8. The lowest BCUT2D eigenvalue weighted by Crippen LogP contribution is -2.43. The molecule has 1 fully saturated rings. The van der Waals surface area contributed by atoms with Crippen LogP contribution in [0.5, 0.6) is 0 Å². The minimum atomic E-state index is -3.98. The van der Waals surface area contributed by atoms with Crippen molar-refractivity contribution in [1.82, 2.24) is 9.29 Å². The van der Waals surface area contributed by atoms with Crippen LogP contribution in [0.2, 0.25) is 0 Å². The average molecular weight is 498 g/mol. The van der Waals surface area contributed by atoms with E-state index in [0.717, 1.165) is 43.5 Å². The van der Waals surface area contributed by atoms with E-state index in [1.807, 2.05) is 12.1 Å². The van der Waals surface area contributed by atoms with Gasteiger partial charge >= 0.3 is 0 Å². The minimum absolute atomic E-state index is 0.0524. The molecule has 3 aromatic rings. The van der Waals surface area contributed by atoms with E-state index in [-0.39, 0.29) is 9.79 Å². The third-order valence-corrected chi connectivity index (χ3v) is 8.18. The van der Waals surface area contributed by atoms with Gasteiger partial charge in [-0.25, -0.2) is 20.8 Å². The maximum Gasteiger partial charge on any atom is 0.268 e. The molecule has 1 aliphatic rings. The molecule has 1 N–H and O–H groups in total. The molecular weight excluding hydrogens is 478 g/mol. The Morgan fingerprint density at radius 2 is 1.66 bits per heavy atom. The average Bonchev–Trinajstić information content (AvgIpc) is 3.12. The number of sulfone groups is 1. The summed E-state index contributed by atoms with van der Waals surface area (Å²) in [6.07, 6.45) is 2.57. The Morgan fingerprint density at radius 3 is 2.34 bits per heavy atom. The van der Waals surface area contributed by atoms with Crippen molar-refractivity contribution in [2.75, 3.05) is 37.3 Å². The van der Waals surface area contributed by atoms with Crippen molar-refractivity contribution < 1.29 is 16.8 Å². The van der Waals surface area contributed by atoms with Gasteiger partial charge in [0.2, 0.25) is 0 Å². The molecule has 154 valence electrons. The molecule has 0 spiro atoms. The molecule has 1 aromatic heterocycles. The Labute approximate surface area is 178 Å². The largest absolute Gasteiger partial charge is 0.368 e. The lowest BCUT2D eigenvalue weighted by Gasteiger charge is -2.30. The van der Waals surface area contributed by atoms with Crippen LogP contribution >= 0.6 is 15.9 Å². The summed E-state index contributed by atoms with van der Waals surface area (Å²) < 4.78 is 52.2. The van der Waals surface area contributed by atoms with Crippen molar-refractivity contribution in [2.45, 2.75) is 9.79 Å². The van der Waals surface area contributed by atoms with Crippen LogP contribution in [-0.4, -0.2) is 53.2 Å². The monoisotopic (exact) mass is 497 g/mol. The van der Waals surface area contributed by atoms with Crippen molar-refractivity contribution in [3.8, 4) is 0 Å². The number of hydrogen-bond donors (Lipinski definition) is 1. The summed E-state index contributed by atoms with van der Waals surface area (Å²) >= 11 is 3.22. The fourth-order valence-corrected chi connectivity index (χ4v) is 6.50. The highest BCUT2D eigenvalue weighted by Gasteiger charge is 2.23. The van der Waals surface area contributed by atoms with Gasteiger partial charge in [0.05, 0.1) is 15.3 Å². The zero-order valence-electron chi connectivity index (χ0n) is 15.7. The van der Waals surface area contributed by atoms with Gasteiger partial charge in [0.15, 0.2) is 9.84 Å². The van der Waals surface area contributed by atoms with Crippen LogP contribution in [0.25, 0.3) is 10.9 Å². The van der Waals surface area contributed by atoms with Crippen LogP contribution in [0.1, 0.15) is 0 Å². The number of piperazine rings is 1. The number of hydrogen-bond acceptors (Lipinski definition) is 6. The van der Waals surface area contributed by atoms with Crippen molar-refractivity contribution in [3.63, 3.8) is 0 Å². The number of anilines is 1. The van der Waals surface area contributed by atoms with E-state index in [9.17, 15) is 16.8 Å². The van der Waals surface area contributed by atoms with Crippen LogP contribution in [0.3, 0.4) is 0 Å². The van der Waals surface area contributed by atoms with Gasteiger partial charge < -0.3 is 10.2 Å². The SMILES string of the molecule is CS(=O)(=O)c1cc(Br)cc(S(=O)(=O)n2ccc3c(N4CCNCC4)cccc32)c1. The molecule has 1 aliphatic heterocycles. The number of halogens is 1. The molecule has 0 saturated carbocycles. The summed E-state index contributed by atoms with van der Waals surface area (Å²) in [5.41, 5.74) is 1.55. The molecule has 0 bridgehead atoms. The van der Waals surface area contributed by atoms with Crippen molar-refractivity contribution in [1.29, 1.82) is 0 Å². The van der Waals surface area contributed by atoms with E-state index in [2.05, 4.69) is 26.1 Å². The first-order chi connectivity index (χ1) is 13.7. The third-order valence-electron chi connectivity index (χ3n) is 4.96. The molecule has 0 atom stereocenters. The number of rotatable bonds is 4. The summed E-state index contributed by atoms with van der Waals surface area (Å²) in [7, 11) is -7.54. The number of benzene rings is 2. The highest BCUT2D eigenvalue weighted by atomic mass is 79.9. The normalized spacial score (nSPS) is 15.7. The first-order valence-electron chi connectivity index (χ1n) is 9.00. The van der Waals surface area contributed by atoms with Gasteiger partial charge in [-0.3, -0.25) is 0 Å². The molecule has 7 nitrogen and oxygen atoms in total. The van der Waals surface area contributed by atoms with E-state index in [0.29, 0.717) is 9.99 Å². The van der Waals surface area contributed by atoms with Crippen LogP contribution in [0.15, 0.2) is 62.9 Å². The van der Waals surface area contributed by atoms with Crippen molar-refractivity contribution in [2.24, 2.45) is 0 Å². The second-order valence-corrected chi connectivity index (χ2v) is 11.7. The quantitative estimate of drug-likeness (QED) is 0.595.